The van der Waals surface area contributed by atoms with Gasteiger partial charge < -0.3 is 113 Å². The van der Waals surface area contributed by atoms with Crippen LogP contribution in [0.15, 0.2) is 4.99 Å². The van der Waals surface area contributed by atoms with Gasteiger partial charge in [0.25, 0.3) is 0 Å². The molecular formula is C50H90N18O17. The van der Waals surface area contributed by atoms with Crippen LogP contribution in [0.5, 0.6) is 0 Å². The maximum absolute atomic E-state index is 14.1. The Bertz CT molecular complexity index is 2270. The largest absolute Gasteiger partial charge is 0.480 e. The van der Waals surface area contributed by atoms with Crippen molar-refractivity contribution in [2.24, 2.45) is 39.4 Å². The van der Waals surface area contributed by atoms with Crippen molar-refractivity contribution < 1.29 is 82.8 Å². The topological polar surface area (TPSA) is 595 Å². The van der Waals surface area contributed by atoms with Crippen molar-refractivity contribution in [3.05, 3.63) is 0 Å². The Balaban J connectivity index is 3.19. The Kier molecular flexibility index (Phi) is 36.4. The third kappa shape index (κ3) is 30.0. The van der Waals surface area contributed by atoms with Crippen molar-refractivity contribution in [3.8, 4) is 0 Å². The second-order valence-electron chi connectivity index (χ2n) is 20.2. The first-order valence-electron chi connectivity index (χ1n) is 28.1. The van der Waals surface area contributed by atoms with E-state index in [9.17, 15) is 77.6 Å². The van der Waals surface area contributed by atoms with Crippen LogP contribution in [-0.2, 0) is 62.3 Å². The number of rotatable bonds is 43. The highest BCUT2D eigenvalue weighted by atomic mass is 16.4. The molecule has 0 radical (unpaired) electrons. The van der Waals surface area contributed by atoms with Gasteiger partial charge in [-0.15, -0.1) is 0 Å². The number of guanidine groups is 1. The van der Waals surface area contributed by atoms with E-state index < -0.39 is 164 Å². The molecule has 1 rings (SSSR count). The van der Waals surface area contributed by atoms with E-state index in [2.05, 4.69) is 58.2 Å². The lowest BCUT2D eigenvalue weighted by Gasteiger charge is -2.30. The molecule has 1 aliphatic rings. The van der Waals surface area contributed by atoms with Gasteiger partial charge in [-0.25, -0.2) is 4.79 Å². The van der Waals surface area contributed by atoms with E-state index in [0.29, 0.717) is 38.6 Å². The molecule has 10 atom stereocenters. The molecule has 0 aromatic carbocycles. The van der Waals surface area contributed by atoms with Gasteiger partial charge in [0.15, 0.2) is 5.96 Å². The van der Waals surface area contributed by atoms with Crippen LogP contribution < -0.4 is 87.6 Å². The minimum Gasteiger partial charge on any atom is -0.480 e. The number of nitrogens with one attached hydrogen (secondary N) is 10. The lowest BCUT2D eigenvalue weighted by molar-refractivity contribution is -0.143. The van der Waals surface area contributed by atoms with Crippen LogP contribution in [0.2, 0.25) is 0 Å². The summed E-state index contributed by atoms with van der Waals surface area (Å²) in [7, 11) is 0. The number of hydrogen-bond donors (Lipinski definition) is 20. The molecule has 0 aromatic rings. The first kappa shape index (κ1) is 75.2. The molecule has 0 spiro atoms. The van der Waals surface area contributed by atoms with Crippen molar-refractivity contribution in [3.63, 3.8) is 0 Å². The standard InChI is InChI=1S/C50H90N18O17/c1-27(48(83)68-22-10-15-35(68)46(81)64-32(14-9-21-58-50(55)56)43(78)63-31(12-4-7-19-52)44(79)65-33(49(84)85)16-17-36(54)72)61-42(77)30(13-5-8-20-57-39(75)26-70)62-38(74)24-59-37(73)23-60-47(82)40(28(2)71)67-45(80)34(25-69)66-41(76)29(53)11-3-6-18-51/h27-35,40,69-71H,3-26,51-53H2,1-2H3,(H2,54,72)(H,57,75)(H,59,73)(H,60,82)(H,61,77)(H,62,74)(H,63,78)(H,64,81)(H,65,79)(H,66,76)(H,67,80)(H,84,85)(H4,55,56,58)/t27-,28+,29-,30-,31-,32-,33-,34-,35-,40-/m0/s1. The van der Waals surface area contributed by atoms with E-state index in [-0.39, 0.29) is 96.3 Å². The molecule has 1 fully saturated rings. The number of carboxylic acids is 1. The molecule has 12 amide bonds. The third-order valence-corrected chi connectivity index (χ3v) is 13.1. The fourth-order valence-electron chi connectivity index (χ4n) is 8.38. The van der Waals surface area contributed by atoms with Crippen molar-refractivity contribution in [2.45, 2.75) is 171 Å². The Hall–Kier alpha value is -7.86. The molecule has 26 N–H and O–H groups in total. The number of unbranched alkanes of at least 4 members (excludes halogenated alkanes) is 3. The number of amides is 12. The fraction of sp³-hybridized carbons (Fsp3) is 0.720. The van der Waals surface area contributed by atoms with Crippen molar-refractivity contribution in [1.29, 1.82) is 0 Å². The fourth-order valence-corrected chi connectivity index (χ4v) is 8.38. The van der Waals surface area contributed by atoms with Crippen LogP contribution >= 0.6 is 0 Å². The highest BCUT2D eigenvalue weighted by Crippen LogP contribution is 2.20. The molecule has 482 valence electrons. The molecule has 1 heterocycles. The minimum absolute atomic E-state index is 0.00321. The molecule has 1 aliphatic heterocycles. The minimum atomic E-state index is -1.69. The predicted octanol–water partition coefficient (Wildman–Crippen LogP) is -9.74. The van der Waals surface area contributed by atoms with Crippen LogP contribution in [0.4, 0.5) is 0 Å². The van der Waals surface area contributed by atoms with Gasteiger partial charge in [-0.1, -0.05) is 6.42 Å². The number of hydrogen-bond acceptors (Lipinski definition) is 20. The van der Waals surface area contributed by atoms with Crippen LogP contribution in [0.1, 0.15) is 110 Å². The highest BCUT2D eigenvalue weighted by Gasteiger charge is 2.39. The van der Waals surface area contributed by atoms with E-state index in [1.165, 1.54) is 11.8 Å². The monoisotopic (exact) mass is 1210 g/mol. The maximum atomic E-state index is 14.1. The Labute approximate surface area is 491 Å². The quantitative estimate of drug-likeness (QED) is 0.0153. The zero-order chi connectivity index (χ0) is 64.2. The van der Waals surface area contributed by atoms with E-state index in [1.807, 2.05) is 0 Å². The molecule has 0 aliphatic carbocycles. The molecule has 35 nitrogen and oxygen atoms in total. The summed E-state index contributed by atoms with van der Waals surface area (Å²) in [5, 5.41) is 62.7. The van der Waals surface area contributed by atoms with Crippen molar-refractivity contribution in [2.75, 3.05) is 59.0 Å². The van der Waals surface area contributed by atoms with Gasteiger partial charge in [0.05, 0.1) is 31.8 Å². The van der Waals surface area contributed by atoms with Gasteiger partial charge in [0.1, 0.15) is 54.9 Å². The molecule has 0 saturated carbocycles. The van der Waals surface area contributed by atoms with Crippen LogP contribution in [-0.4, -0.2) is 228 Å². The second kappa shape index (κ2) is 41.2. The SMILES string of the molecule is C[C@H](NC(=O)[C@H](CCCCNC(=O)CO)NC(=O)CNC(=O)CNC(=O)[C@@H](NC(=O)[C@H](CO)NC(=O)[C@@H](N)CCCCN)[C@@H](C)O)C(=O)N1CCC[C@H]1C(=O)N[C@@H](CCCN=C(N)N)C(=O)N[C@@H](CCCCN)C(=O)N[C@@H](CCC(N)=O)C(=O)O. The first-order valence-corrected chi connectivity index (χ1v) is 28.1. The van der Waals surface area contributed by atoms with Crippen molar-refractivity contribution in [1.82, 2.24) is 58.1 Å². The Morgan fingerprint density at radius 3 is 1.69 bits per heavy atom. The van der Waals surface area contributed by atoms with Crippen LogP contribution in [0.25, 0.3) is 0 Å². The molecule has 0 unspecified atom stereocenters. The number of primary amides is 1. The van der Waals surface area contributed by atoms with Gasteiger partial charge in [-0.2, -0.15) is 0 Å². The number of aliphatic hydroxyl groups excluding tert-OH is 3. The number of aliphatic imine (C=N–C) groups is 1. The molecule has 35 heteroatoms. The summed E-state index contributed by atoms with van der Waals surface area (Å²) in [6.45, 7) is -0.0120. The summed E-state index contributed by atoms with van der Waals surface area (Å²) in [5.74, 6) is -12.1. The highest BCUT2D eigenvalue weighted by molar-refractivity contribution is 5.98. The Morgan fingerprint density at radius 2 is 1.12 bits per heavy atom. The molecule has 0 aromatic heterocycles. The number of nitrogens with zero attached hydrogens (tertiary/aromatic N) is 2. The Morgan fingerprint density at radius 1 is 0.576 bits per heavy atom. The summed E-state index contributed by atoms with van der Waals surface area (Å²) >= 11 is 0. The average Bonchev–Trinajstić information content (AvgIpc) is 4.23. The van der Waals surface area contributed by atoms with E-state index >= 15 is 0 Å². The third-order valence-electron chi connectivity index (χ3n) is 13.1. The van der Waals surface area contributed by atoms with Gasteiger partial charge in [0.2, 0.25) is 70.9 Å². The number of carboxylic acid groups (broad SMARTS) is 1. The van der Waals surface area contributed by atoms with E-state index in [4.69, 9.17) is 39.5 Å². The number of carbonyl (C=O) groups is 13. The smallest absolute Gasteiger partial charge is 0.326 e. The average molecular weight is 1220 g/mol. The number of aliphatic carboxylic acids is 1. The summed E-state index contributed by atoms with van der Waals surface area (Å²) in [4.78, 5) is 174. The molecule has 0 bridgehead atoms. The molecule has 1 saturated heterocycles. The normalized spacial score (nSPS) is 15.9. The molecular weight excluding hydrogens is 1120 g/mol. The summed E-state index contributed by atoms with van der Waals surface area (Å²) < 4.78 is 0. The number of likely N-dealkylation sites (tertiary alicyclic amines) is 1. The number of aliphatic hydroxyl groups is 3. The van der Waals surface area contributed by atoms with Gasteiger partial charge in [-0.05, 0) is 110 Å². The van der Waals surface area contributed by atoms with E-state index in [1.54, 1.807) is 0 Å². The first-order chi connectivity index (χ1) is 40.2. The van der Waals surface area contributed by atoms with Crippen LogP contribution in [0.3, 0.4) is 0 Å². The van der Waals surface area contributed by atoms with Crippen LogP contribution in [0, 0.1) is 0 Å². The second-order valence-corrected chi connectivity index (χ2v) is 20.2. The lowest BCUT2D eigenvalue weighted by atomic mass is 10.0. The zero-order valence-electron chi connectivity index (χ0n) is 48.2. The summed E-state index contributed by atoms with van der Waals surface area (Å²) in [6, 6.07) is -12.4. The number of nitrogens with two attached hydrogens (primary N) is 6. The van der Waals surface area contributed by atoms with Gasteiger partial charge in [0, 0.05) is 26.1 Å². The lowest BCUT2D eigenvalue weighted by Crippen LogP contribution is -2.59. The number of carbonyl (C=O) groups excluding carboxylic acids is 12. The summed E-state index contributed by atoms with van der Waals surface area (Å²) in [5.41, 5.74) is 33.1. The summed E-state index contributed by atoms with van der Waals surface area (Å²) in [6.07, 6.45) is 0.668. The zero-order valence-corrected chi connectivity index (χ0v) is 48.2. The van der Waals surface area contributed by atoms with Gasteiger partial charge in [-0.3, -0.25) is 62.5 Å². The maximum Gasteiger partial charge on any atom is 0.326 e. The molecule has 85 heavy (non-hydrogen) atoms. The van der Waals surface area contributed by atoms with E-state index in [0.717, 1.165) is 6.92 Å². The van der Waals surface area contributed by atoms with Gasteiger partial charge >= 0.3 is 5.97 Å². The predicted molar refractivity (Wildman–Crippen MR) is 302 cm³/mol. The van der Waals surface area contributed by atoms with Crippen molar-refractivity contribution >= 4 is 82.8 Å².